The van der Waals surface area contributed by atoms with Gasteiger partial charge in [-0.05, 0) is 30.7 Å². The average molecular weight is 276 g/mol. The minimum absolute atomic E-state index is 0.0338. The molecule has 0 N–H and O–H groups in total. The smallest absolute Gasteiger partial charge is 0.161 e. The molecule has 2 rings (SSSR count). The van der Waals surface area contributed by atoms with Crippen LogP contribution in [-0.2, 0) is 0 Å². The van der Waals surface area contributed by atoms with Crippen molar-refractivity contribution in [1.82, 2.24) is 4.98 Å². The maximum Gasteiger partial charge on any atom is 0.161 e. The Bertz CT molecular complexity index is 520. The third kappa shape index (κ3) is 2.36. The van der Waals surface area contributed by atoms with Crippen LogP contribution in [0.3, 0.4) is 0 Å². The molecule has 2 aromatic rings. The number of carbonyl (C=O) groups excluding carboxylic acids is 1. The van der Waals surface area contributed by atoms with Crippen molar-refractivity contribution in [2.45, 2.75) is 6.92 Å². The van der Waals surface area contributed by atoms with E-state index in [1.165, 1.54) is 0 Å². The zero-order valence-electron chi connectivity index (χ0n) is 8.77. The van der Waals surface area contributed by atoms with E-state index < -0.39 is 0 Å². The van der Waals surface area contributed by atoms with Gasteiger partial charge >= 0.3 is 0 Å². The fourth-order valence-electron chi connectivity index (χ4n) is 1.43. The van der Waals surface area contributed by atoms with Crippen LogP contribution >= 0.6 is 15.9 Å². The molecule has 0 saturated carbocycles. The highest BCUT2D eigenvalue weighted by molar-refractivity contribution is 9.10. The van der Waals surface area contributed by atoms with Gasteiger partial charge in [-0.2, -0.15) is 0 Å². The molecule has 0 amide bonds. The van der Waals surface area contributed by atoms with Gasteiger partial charge in [-0.25, -0.2) is 0 Å². The molecule has 0 spiro atoms. The van der Waals surface area contributed by atoms with E-state index in [1.807, 2.05) is 30.3 Å². The van der Waals surface area contributed by atoms with Gasteiger partial charge in [0.15, 0.2) is 5.78 Å². The summed E-state index contributed by atoms with van der Waals surface area (Å²) in [6.07, 6.45) is 3.35. The molecule has 0 atom stereocenters. The Morgan fingerprint density at radius 2 is 1.81 bits per heavy atom. The minimum Gasteiger partial charge on any atom is -0.294 e. The Balaban J connectivity index is 2.44. The first-order chi connectivity index (χ1) is 7.66. The van der Waals surface area contributed by atoms with Crippen LogP contribution in [0.4, 0.5) is 0 Å². The fraction of sp³-hybridized carbons (Fsp3) is 0.0769. The molecule has 3 heteroatoms. The van der Waals surface area contributed by atoms with Crippen LogP contribution in [0.15, 0.2) is 47.2 Å². The standard InChI is InChI=1S/C13H10BrNO/c1-9(16)11-6-12(8-15-7-11)10-2-4-13(14)5-3-10/h2-8H,1H3. The summed E-state index contributed by atoms with van der Waals surface area (Å²) in [5.74, 6) is 0.0338. The molecule has 1 heterocycles. The van der Waals surface area contributed by atoms with Crippen molar-refractivity contribution in [3.8, 4) is 11.1 Å². The van der Waals surface area contributed by atoms with Gasteiger partial charge in [0.2, 0.25) is 0 Å². The van der Waals surface area contributed by atoms with Crippen molar-refractivity contribution in [2.24, 2.45) is 0 Å². The Kier molecular flexibility index (Phi) is 3.15. The van der Waals surface area contributed by atoms with Gasteiger partial charge in [0.1, 0.15) is 0 Å². The maximum atomic E-state index is 11.2. The lowest BCUT2D eigenvalue weighted by Crippen LogP contribution is -1.93. The molecule has 0 aliphatic heterocycles. The molecule has 0 radical (unpaired) electrons. The summed E-state index contributed by atoms with van der Waals surface area (Å²) in [4.78, 5) is 15.3. The lowest BCUT2D eigenvalue weighted by Gasteiger charge is -2.02. The molecule has 0 unspecified atom stereocenters. The van der Waals surface area contributed by atoms with Gasteiger partial charge in [-0.1, -0.05) is 28.1 Å². The van der Waals surface area contributed by atoms with Crippen LogP contribution in [0.5, 0.6) is 0 Å². The molecule has 80 valence electrons. The highest BCUT2D eigenvalue weighted by atomic mass is 79.9. The van der Waals surface area contributed by atoms with Crippen LogP contribution in [-0.4, -0.2) is 10.8 Å². The Hall–Kier alpha value is -1.48. The quantitative estimate of drug-likeness (QED) is 0.782. The van der Waals surface area contributed by atoms with Crippen molar-refractivity contribution in [3.63, 3.8) is 0 Å². The Morgan fingerprint density at radius 3 is 2.44 bits per heavy atom. The number of pyridine rings is 1. The molecular formula is C13H10BrNO. The predicted molar refractivity (Wildman–Crippen MR) is 67.4 cm³/mol. The molecule has 0 aliphatic rings. The monoisotopic (exact) mass is 275 g/mol. The maximum absolute atomic E-state index is 11.2. The van der Waals surface area contributed by atoms with Gasteiger partial charge in [-0.15, -0.1) is 0 Å². The zero-order chi connectivity index (χ0) is 11.5. The normalized spacial score (nSPS) is 10.1. The van der Waals surface area contributed by atoms with Crippen LogP contribution in [0.2, 0.25) is 0 Å². The zero-order valence-corrected chi connectivity index (χ0v) is 10.4. The molecule has 16 heavy (non-hydrogen) atoms. The highest BCUT2D eigenvalue weighted by Gasteiger charge is 2.03. The first-order valence-electron chi connectivity index (χ1n) is 4.89. The minimum atomic E-state index is 0.0338. The molecular weight excluding hydrogens is 266 g/mol. The van der Waals surface area contributed by atoms with Crippen LogP contribution in [0, 0.1) is 0 Å². The number of rotatable bonds is 2. The third-order valence-corrected chi connectivity index (χ3v) is 2.85. The third-order valence-electron chi connectivity index (χ3n) is 2.32. The van der Waals surface area contributed by atoms with Crippen LogP contribution < -0.4 is 0 Å². The van der Waals surface area contributed by atoms with Gasteiger partial charge in [0.25, 0.3) is 0 Å². The van der Waals surface area contributed by atoms with E-state index in [-0.39, 0.29) is 5.78 Å². The number of benzene rings is 1. The number of Topliss-reactive ketones (excluding diaryl/α,β-unsaturated/α-hetero) is 1. The summed E-state index contributed by atoms with van der Waals surface area (Å²) in [6.45, 7) is 1.54. The van der Waals surface area contributed by atoms with E-state index in [1.54, 1.807) is 19.3 Å². The van der Waals surface area contributed by atoms with E-state index in [4.69, 9.17) is 0 Å². The average Bonchev–Trinajstić information content (AvgIpc) is 2.30. The number of nitrogens with zero attached hydrogens (tertiary/aromatic N) is 1. The van der Waals surface area contributed by atoms with Crippen molar-refractivity contribution < 1.29 is 4.79 Å². The molecule has 0 fully saturated rings. The first kappa shape index (κ1) is 11.0. The SMILES string of the molecule is CC(=O)c1cncc(-c2ccc(Br)cc2)c1. The van der Waals surface area contributed by atoms with Gasteiger partial charge < -0.3 is 0 Å². The molecule has 0 bridgehead atoms. The molecule has 2 nitrogen and oxygen atoms in total. The second-order valence-corrected chi connectivity index (χ2v) is 4.44. The Morgan fingerprint density at radius 1 is 1.12 bits per heavy atom. The number of hydrogen-bond acceptors (Lipinski definition) is 2. The second kappa shape index (κ2) is 4.58. The van der Waals surface area contributed by atoms with Gasteiger partial charge in [0, 0.05) is 28.0 Å². The summed E-state index contributed by atoms with van der Waals surface area (Å²) >= 11 is 3.39. The predicted octanol–water partition coefficient (Wildman–Crippen LogP) is 3.71. The summed E-state index contributed by atoms with van der Waals surface area (Å²) < 4.78 is 1.03. The lowest BCUT2D eigenvalue weighted by atomic mass is 10.1. The van der Waals surface area contributed by atoms with Crippen LogP contribution in [0.25, 0.3) is 11.1 Å². The molecule has 0 saturated heterocycles. The fourth-order valence-corrected chi connectivity index (χ4v) is 1.70. The largest absolute Gasteiger partial charge is 0.294 e. The topological polar surface area (TPSA) is 30.0 Å². The van der Waals surface area contributed by atoms with Crippen molar-refractivity contribution in [2.75, 3.05) is 0 Å². The number of ketones is 1. The van der Waals surface area contributed by atoms with E-state index >= 15 is 0 Å². The van der Waals surface area contributed by atoms with Crippen molar-refractivity contribution in [1.29, 1.82) is 0 Å². The van der Waals surface area contributed by atoms with E-state index in [2.05, 4.69) is 20.9 Å². The van der Waals surface area contributed by atoms with Gasteiger partial charge in [0.05, 0.1) is 0 Å². The number of aromatic nitrogens is 1. The van der Waals surface area contributed by atoms with E-state index in [9.17, 15) is 4.79 Å². The lowest BCUT2D eigenvalue weighted by molar-refractivity contribution is 0.101. The summed E-state index contributed by atoms with van der Waals surface area (Å²) in [5.41, 5.74) is 2.65. The summed E-state index contributed by atoms with van der Waals surface area (Å²) in [5, 5.41) is 0. The molecule has 1 aromatic heterocycles. The molecule has 0 aliphatic carbocycles. The number of halogens is 1. The number of carbonyl (C=O) groups is 1. The summed E-state index contributed by atoms with van der Waals surface area (Å²) in [6, 6.07) is 9.78. The first-order valence-corrected chi connectivity index (χ1v) is 5.68. The van der Waals surface area contributed by atoms with E-state index in [0.29, 0.717) is 5.56 Å². The highest BCUT2D eigenvalue weighted by Crippen LogP contribution is 2.21. The van der Waals surface area contributed by atoms with Crippen LogP contribution in [0.1, 0.15) is 17.3 Å². The van der Waals surface area contributed by atoms with E-state index in [0.717, 1.165) is 15.6 Å². The van der Waals surface area contributed by atoms with Gasteiger partial charge in [-0.3, -0.25) is 9.78 Å². The van der Waals surface area contributed by atoms with Crippen molar-refractivity contribution >= 4 is 21.7 Å². The molecule has 1 aromatic carbocycles. The Labute approximate surface area is 102 Å². The number of hydrogen-bond donors (Lipinski definition) is 0. The second-order valence-electron chi connectivity index (χ2n) is 3.53. The van der Waals surface area contributed by atoms with Crippen molar-refractivity contribution in [3.05, 3.63) is 52.8 Å². The summed E-state index contributed by atoms with van der Waals surface area (Å²) in [7, 11) is 0.